The first-order chi connectivity index (χ1) is 10.4. The third-order valence-corrected chi connectivity index (χ3v) is 3.47. The van der Waals surface area contributed by atoms with E-state index in [9.17, 15) is 24.3 Å². The smallest absolute Gasteiger partial charge is 0.337 e. The summed E-state index contributed by atoms with van der Waals surface area (Å²) in [5.74, 6) is -6.82. The molecule has 2 unspecified atom stereocenters. The first-order valence-electron chi connectivity index (χ1n) is 6.27. The molecule has 134 valence electrons. The lowest BCUT2D eigenvalue weighted by atomic mass is 9.86. The van der Waals surface area contributed by atoms with Crippen LogP contribution >= 0.6 is 11.8 Å². The fourth-order valence-electron chi connectivity index (χ4n) is 1.22. The van der Waals surface area contributed by atoms with E-state index in [1.54, 1.807) is 11.8 Å². The van der Waals surface area contributed by atoms with Crippen LogP contribution in [0.5, 0.6) is 0 Å². The minimum absolute atomic E-state index is 0.552. The molecule has 0 heterocycles. The highest BCUT2D eigenvalue weighted by Crippen LogP contribution is 2.22. The molecule has 23 heavy (non-hydrogen) atoms. The molecule has 0 aliphatic carbocycles. The number of hydrogen-bond donors (Lipinski definition) is 6. The number of thioether (sulfide) groups is 1. The lowest BCUT2D eigenvalue weighted by Crippen LogP contribution is -2.49. The zero-order chi connectivity index (χ0) is 18.8. The third-order valence-electron chi connectivity index (χ3n) is 2.83. The van der Waals surface area contributed by atoms with Crippen molar-refractivity contribution < 1.29 is 44.7 Å². The molecule has 0 saturated carbocycles. The molecule has 11 heteroatoms. The van der Waals surface area contributed by atoms with Gasteiger partial charge in [-0.25, -0.2) is 4.79 Å². The molecule has 0 spiro atoms. The summed E-state index contributed by atoms with van der Waals surface area (Å²) in [4.78, 5) is 41.2. The predicted octanol–water partition coefficient (Wildman–Crippen LogP) is -0.851. The third kappa shape index (κ3) is 9.01. The molecule has 0 fully saturated rings. The molecule has 0 amide bonds. The van der Waals surface area contributed by atoms with Crippen molar-refractivity contribution in [2.45, 2.75) is 31.4 Å². The fraction of sp³-hybridized carbons (Fsp3) is 0.667. The number of hydrogen-bond acceptors (Lipinski definition) is 7. The van der Waals surface area contributed by atoms with Gasteiger partial charge in [0.1, 0.15) is 6.04 Å². The van der Waals surface area contributed by atoms with Crippen molar-refractivity contribution in [1.29, 1.82) is 0 Å². The van der Waals surface area contributed by atoms with Gasteiger partial charge in [-0.15, -0.1) is 0 Å². The second-order valence-electron chi connectivity index (χ2n) is 4.59. The van der Waals surface area contributed by atoms with Gasteiger partial charge < -0.3 is 31.3 Å². The summed E-state index contributed by atoms with van der Waals surface area (Å²) in [6.45, 7) is 0.930. The van der Waals surface area contributed by atoms with Gasteiger partial charge in [0, 0.05) is 0 Å². The van der Waals surface area contributed by atoms with Crippen molar-refractivity contribution in [2.75, 3.05) is 12.0 Å². The van der Waals surface area contributed by atoms with Crippen molar-refractivity contribution in [1.82, 2.24) is 0 Å². The van der Waals surface area contributed by atoms with Gasteiger partial charge in [-0.1, -0.05) is 0 Å². The van der Waals surface area contributed by atoms with Crippen molar-refractivity contribution in [3.05, 3.63) is 0 Å². The molecule has 0 saturated heterocycles. The Morgan fingerprint density at radius 2 is 1.57 bits per heavy atom. The highest BCUT2D eigenvalue weighted by molar-refractivity contribution is 7.98. The molecule has 3 atom stereocenters. The number of aliphatic hydroxyl groups is 1. The van der Waals surface area contributed by atoms with Crippen LogP contribution in [-0.4, -0.2) is 73.1 Å². The number of aliphatic carboxylic acids is 4. The Kier molecular flexibility index (Phi) is 11.0. The van der Waals surface area contributed by atoms with Gasteiger partial charge >= 0.3 is 23.9 Å². The highest BCUT2D eigenvalue weighted by Gasteiger charge is 2.47. The molecule has 0 aliphatic rings. The average molecular weight is 355 g/mol. The van der Waals surface area contributed by atoms with Crippen molar-refractivity contribution in [3.8, 4) is 0 Å². The van der Waals surface area contributed by atoms with Crippen LogP contribution in [0.1, 0.15) is 19.8 Å². The van der Waals surface area contributed by atoms with E-state index >= 15 is 0 Å². The molecule has 0 bridgehead atoms. The summed E-state index contributed by atoms with van der Waals surface area (Å²) in [5, 5.41) is 42.9. The van der Waals surface area contributed by atoms with Gasteiger partial charge in [-0.3, -0.25) is 14.4 Å². The normalized spacial score (nSPS) is 15.3. The Balaban J connectivity index is 0. The van der Waals surface area contributed by atoms with Crippen LogP contribution in [0, 0.1) is 5.92 Å². The Labute approximate surface area is 136 Å². The summed E-state index contributed by atoms with van der Waals surface area (Å²) in [5.41, 5.74) is 2.41. The van der Waals surface area contributed by atoms with Gasteiger partial charge in [0.25, 0.3) is 0 Å². The molecular formula is C12H21NO9S. The van der Waals surface area contributed by atoms with Crippen LogP contribution in [0.25, 0.3) is 0 Å². The maximum atomic E-state index is 10.5. The summed E-state index contributed by atoms with van der Waals surface area (Å²) in [7, 11) is 0. The predicted molar refractivity (Wildman–Crippen MR) is 80.2 cm³/mol. The number of carbonyl (C=O) groups is 4. The lowest BCUT2D eigenvalue weighted by molar-refractivity contribution is -0.177. The minimum Gasteiger partial charge on any atom is -0.481 e. The Hall–Kier alpha value is -1.85. The first-order valence-corrected chi connectivity index (χ1v) is 7.67. The second kappa shape index (κ2) is 10.8. The molecule has 7 N–H and O–H groups in total. The van der Waals surface area contributed by atoms with Gasteiger partial charge in [0.2, 0.25) is 0 Å². The Morgan fingerprint density at radius 3 is 1.83 bits per heavy atom. The molecule has 0 radical (unpaired) electrons. The zero-order valence-electron chi connectivity index (χ0n) is 12.6. The minimum atomic E-state index is -2.78. The van der Waals surface area contributed by atoms with E-state index in [1.807, 2.05) is 6.26 Å². The highest BCUT2D eigenvalue weighted by atomic mass is 32.2. The van der Waals surface area contributed by atoms with Crippen LogP contribution in [0.2, 0.25) is 0 Å². The van der Waals surface area contributed by atoms with Crippen molar-refractivity contribution >= 4 is 35.6 Å². The van der Waals surface area contributed by atoms with Crippen molar-refractivity contribution in [2.24, 2.45) is 11.7 Å². The van der Waals surface area contributed by atoms with Gasteiger partial charge in [-0.05, 0) is 25.4 Å². The molecule has 0 aliphatic heterocycles. The average Bonchev–Trinajstić information content (AvgIpc) is 2.43. The van der Waals surface area contributed by atoms with Gasteiger partial charge in [-0.2, -0.15) is 11.8 Å². The molecular weight excluding hydrogens is 334 g/mol. The van der Waals surface area contributed by atoms with E-state index < -0.39 is 47.9 Å². The SMILES string of the molecule is CC(C(=O)O)C(O)(CC(=O)O)C(=O)O.CSCC[C@H](N)C(=O)O. The number of rotatable bonds is 9. The second-order valence-corrected chi connectivity index (χ2v) is 5.57. The van der Waals surface area contributed by atoms with Crippen LogP contribution in [0.4, 0.5) is 0 Å². The summed E-state index contributed by atoms with van der Waals surface area (Å²) < 4.78 is 0. The van der Waals surface area contributed by atoms with Crippen LogP contribution in [-0.2, 0) is 19.2 Å². The van der Waals surface area contributed by atoms with Crippen LogP contribution in [0.3, 0.4) is 0 Å². The maximum absolute atomic E-state index is 10.5. The molecule has 0 aromatic rings. The van der Waals surface area contributed by atoms with Gasteiger partial charge in [0.05, 0.1) is 12.3 Å². The van der Waals surface area contributed by atoms with Gasteiger partial charge in [0.15, 0.2) is 5.60 Å². The van der Waals surface area contributed by atoms with E-state index in [4.69, 9.17) is 26.2 Å². The number of nitrogens with two attached hydrogens (primary N) is 1. The molecule has 0 rings (SSSR count). The Morgan fingerprint density at radius 1 is 1.09 bits per heavy atom. The number of carboxylic acids is 4. The standard InChI is InChI=1S/C7H10O7.C5H11NO2S/c1-3(5(10)11)7(14,6(12)13)2-4(8)9;1-9-3-2-4(6)5(7)8/h3,14H,2H2,1H3,(H,8,9)(H,10,11)(H,12,13);4H,2-3,6H2,1H3,(H,7,8)/t;4-/m.0/s1. The van der Waals surface area contributed by atoms with Crippen LogP contribution < -0.4 is 5.73 Å². The Bertz CT molecular complexity index is 442. The largest absolute Gasteiger partial charge is 0.481 e. The zero-order valence-corrected chi connectivity index (χ0v) is 13.4. The summed E-state index contributed by atoms with van der Waals surface area (Å²) in [6, 6.07) is -0.683. The number of carboxylic acid groups (broad SMARTS) is 4. The quantitative estimate of drug-likeness (QED) is 0.301. The van der Waals surface area contributed by atoms with Crippen LogP contribution in [0.15, 0.2) is 0 Å². The first kappa shape index (κ1) is 23.4. The van der Waals surface area contributed by atoms with E-state index in [-0.39, 0.29) is 0 Å². The summed E-state index contributed by atoms with van der Waals surface area (Å²) >= 11 is 1.60. The van der Waals surface area contributed by atoms with Crippen molar-refractivity contribution in [3.63, 3.8) is 0 Å². The maximum Gasteiger partial charge on any atom is 0.337 e. The molecule has 0 aromatic heterocycles. The lowest BCUT2D eigenvalue weighted by Gasteiger charge is -2.25. The molecule has 10 nitrogen and oxygen atoms in total. The monoisotopic (exact) mass is 355 g/mol. The van der Waals surface area contributed by atoms with E-state index in [1.165, 1.54) is 0 Å². The fourth-order valence-corrected chi connectivity index (χ4v) is 1.71. The van der Waals surface area contributed by atoms with E-state index in [0.29, 0.717) is 6.42 Å². The van der Waals surface area contributed by atoms with E-state index in [2.05, 4.69) is 0 Å². The topological polar surface area (TPSA) is 195 Å². The summed E-state index contributed by atoms with van der Waals surface area (Å²) in [6.07, 6.45) is 1.32. The van der Waals surface area contributed by atoms with E-state index in [0.717, 1.165) is 12.7 Å². The molecule has 0 aromatic carbocycles.